The molecule has 4 nitrogen and oxygen atoms in total. The number of aliphatic hydroxyl groups is 1. The van der Waals surface area contributed by atoms with Gasteiger partial charge < -0.3 is 15.3 Å². The summed E-state index contributed by atoms with van der Waals surface area (Å²) in [4.78, 5) is 5.99. The summed E-state index contributed by atoms with van der Waals surface area (Å²) in [7, 11) is 4.02. The van der Waals surface area contributed by atoms with Crippen molar-refractivity contribution >= 4 is 17.3 Å². The van der Waals surface area contributed by atoms with Gasteiger partial charge >= 0.3 is 0 Å². The van der Waals surface area contributed by atoms with Gasteiger partial charge in [0.15, 0.2) is 0 Å². The summed E-state index contributed by atoms with van der Waals surface area (Å²) in [5.41, 5.74) is 1.61. The molecule has 0 unspecified atom stereocenters. The van der Waals surface area contributed by atoms with E-state index in [1.165, 1.54) is 0 Å². The van der Waals surface area contributed by atoms with Gasteiger partial charge in [0.05, 0.1) is 6.61 Å². The lowest BCUT2D eigenvalue weighted by Gasteiger charge is -2.13. The van der Waals surface area contributed by atoms with Crippen LogP contribution in [-0.4, -0.2) is 42.2 Å². The van der Waals surface area contributed by atoms with Gasteiger partial charge in [-0.15, -0.1) is 0 Å². The van der Waals surface area contributed by atoms with E-state index in [0.29, 0.717) is 5.15 Å². The highest BCUT2D eigenvalue weighted by Gasteiger charge is 2.02. The molecule has 0 aliphatic heterocycles. The molecule has 84 valence electrons. The molecule has 15 heavy (non-hydrogen) atoms. The Balaban J connectivity index is 2.62. The Labute approximate surface area is 94.9 Å². The van der Waals surface area contributed by atoms with Crippen molar-refractivity contribution in [2.24, 2.45) is 0 Å². The molecule has 5 heteroatoms. The molecule has 0 spiro atoms. The number of nitrogens with one attached hydrogen (secondary N) is 1. The molecule has 1 aromatic rings. The molecule has 1 aromatic heterocycles. The lowest BCUT2D eigenvalue weighted by atomic mass is 10.2. The van der Waals surface area contributed by atoms with Crippen LogP contribution in [0.5, 0.6) is 0 Å². The van der Waals surface area contributed by atoms with E-state index < -0.39 is 0 Å². The second-order valence-electron chi connectivity index (χ2n) is 3.55. The third kappa shape index (κ3) is 4.03. The third-order valence-corrected chi connectivity index (χ3v) is 2.20. The monoisotopic (exact) mass is 229 g/mol. The highest BCUT2D eigenvalue weighted by atomic mass is 35.5. The van der Waals surface area contributed by atoms with Crippen LogP contribution in [0, 0.1) is 0 Å². The zero-order chi connectivity index (χ0) is 11.3. The maximum atomic E-state index is 9.08. The zero-order valence-corrected chi connectivity index (χ0v) is 9.75. The minimum atomic E-state index is -0.0333. The molecule has 0 bridgehead atoms. The van der Waals surface area contributed by atoms with Crippen molar-refractivity contribution in [3.63, 3.8) is 0 Å². The normalized spacial score (nSPS) is 10.7. The minimum absolute atomic E-state index is 0.0333. The Morgan fingerprint density at radius 1 is 1.53 bits per heavy atom. The maximum Gasteiger partial charge on any atom is 0.131 e. The molecule has 0 amide bonds. The van der Waals surface area contributed by atoms with Crippen LogP contribution in [0.25, 0.3) is 0 Å². The minimum Gasteiger partial charge on any atom is -0.392 e. The van der Waals surface area contributed by atoms with Gasteiger partial charge in [0.25, 0.3) is 0 Å². The van der Waals surface area contributed by atoms with E-state index in [1.54, 1.807) is 12.3 Å². The highest BCUT2D eigenvalue weighted by Crippen LogP contribution is 2.18. The second-order valence-corrected chi connectivity index (χ2v) is 3.94. The SMILES string of the molecule is CN(C)CCNc1cc(Cl)ncc1CO. The smallest absolute Gasteiger partial charge is 0.131 e. The Morgan fingerprint density at radius 2 is 2.27 bits per heavy atom. The van der Waals surface area contributed by atoms with Crippen LogP contribution in [0.2, 0.25) is 5.15 Å². The summed E-state index contributed by atoms with van der Waals surface area (Å²) in [6.45, 7) is 1.69. The van der Waals surface area contributed by atoms with Crippen molar-refractivity contribution in [1.29, 1.82) is 0 Å². The number of likely N-dealkylation sites (N-methyl/N-ethyl adjacent to an activating group) is 1. The van der Waals surface area contributed by atoms with E-state index in [1.807, 2.05) is 14.1 Å². The Bertz CT molecular complexity index is 318. The average molecular weight is 230 g/mol. The van der Waals surface area contributed by atoms with Crippen LogP contribution in [-0.2, 0) is 6.61 Å². The molecule has 0 fully saturated rings. The van der Waals surface area contributed by atoms with Gasteiger partial charge in [-0.25, -0.2) is 4.98 Å². The predicted molar refractivity (Wildman–Crippen MR) is 62.2 cm³/mol. The van der Waals surface area contributed by atoms with E-state index in [0.717, 1.165) is 24.3 Å². The van der Waals surface area contributed by atoms with Crippen LogP contribution in [0.3, 0.4) is 0 Å². The van der Waals surface area contributed by atoms with E-state index in [9.17, 15) is 0 Å². The van der Waals surface area contributed by atoms with E-state index in [-0.39, 0.29) is 6.61 Å². The fourth-order valence-corrected chi connectivity index (χ4v) is 1.32. The number of anilines is 1. The van der Waals surface area contributed by atoms with E-state index >= 15 is 0 Å². The van der Waals surface area contributed by atoms with Crippen LogP contribution >= 0.6 is 11.6 Å². The highest BCUT2D eigenvalue weighted by molar-refractivity contribution is 6.29. The topological polar surface area (TPSA) is 48.4 Å². The molecule has 0 aliphatic rings. The van der Waals surface area contributed by atoms with Gasteiger partial charge in [0, 0.05) is 30.5 Å². The molecular formula is C10H16ClN3O. The third-order valence-electron chi connectivity index (χ3n) is 2.00. The van der Waals surface area contributed by atoms with Crippen molar-refractivity contribution < 1.29 is 5.11 Å². The number of pyridine rings is 1. The summed E-state index contributed by atoms with van der Waals surface area (Å²) in [5, 5.41) is 12.7. The molecule has 1 heterocycles. The summed E-state index contributed by atoms with van der Waals surface area (Å²) in [5.74, 6) is 0. The van der Waals surface area contributed by atoms with Crippen molar-refractivity contribution in [1.82, 2.24) is 9.88 Å². The van der Waals surface area contributed by atoms with Gasteiger partial charge in [-0.1, -0.05) is 11.6 Å². The number of hydrogen-bond acceptors (Lipinski definition) is 4. The van der Waals surface area contributed by atoms with Crippen LogP contribution < -0.4 is 5.32 Å². The van der Waals surface area contributed by atoms with Crippen molar-refractivity contribution in [3.8, 4) is 0 Å². The first kappa shape index (κ1) is 12.2. The number of aromatic nitrogens is 1. The first-order valence-electron chi connectivity index (χ1n) is 4.77. The number of aliphatic hydroxyl groups excluding tert-OH is 1. The lowest BCUT2D eigenvalue weighted by molar-refractivity contribution is 0.282. The second kappa shape index (κ2) is 5.90. The number of nitrogens with zero attached hydrogens (tertiary/aromatic N) is 2. The quantitative estimate of drug-likeness (QED) is 0.745. The molecule has 2 N–H and O–H groups in total. The standard InChI is InChI=1S/C10H16ClN3O/c1-14(2)4-3-12-9-5-10(11)13-6-8(9)7-15/h5-6,15H,3-4,7H2,1-2H3,(H,12,13). The largest absolute Gasteiger partial charge is 0.392 e. The Kier molecular flexibility index (Phi) is 4.81. The predicted octanol–water partition coefficient (Wildman–Crippen LogP) is 1.20. The molecule has 0 saturated heterocycles. The molecule has 0 radical (unpaired) electrons. The fourth-order valence-electron chi connectivity index (χ4n) is 1.16. The molecule has 0 atom stereocenters. The first-order chi connectivity index (χ1) is 7.13. The van der Waals surface area contributed by atoms with Crippen molar-refractivity contribution in [2.45, 2.75) is 6.61 Å². The zero-order valence-electron chi connectivity index (χ0n) is 9.00. The summed E-state index contributed by atoms with van der Waals surface area (Å²) >= 11 is 5.77. The van der Waals surface area contributed by atoms with Crippen LogP contribution in [0.15, 0.2) is 12.3 Å². The molecular weight excluding hydrogens is 214 g/mol. The number of halogens is 1. The fraction of sp³-hybridized carbons (Fsp3) is 0.500. The van der Waals surface area contributed by atoms with Gasteiger partial charge in [0.1, 0.15) is 5.15 Å². The van der Waals surface area contributed by atoms with Gasteiger partial charge in [-0.2, -0.15) is 0 Å². The first-order valence-corrected chi connectivity index (χ1v) is 5.15. The summed E-state index contributed by atoms with van der Waals surface area (Å²) < 4.78 is 0. The molecule has 0 aliphatic carbocycles. The van der Waals surface area contributed by atoms with Crippen molar-refractivity contribution in [3.05, 3.63) is 23.0 Å². The molecule has 0 saturated carbocycles. The Hall–Kier alpha value is -0.840. The van der Waals surface area contributed by atoms with Crippen LogP contribution in [0.1, 0.15) is 5.56 Å². The van der Waals surface area contributed by atoms with Gasteiger partial charge in [-0.3, -0.25) is 0 Å². The summed E-state index contributed by atoms with van der Waals surface area (Å²) in [6, 6.07) is 1.72. The molecule has 1 rings (SSSR count). The van der Waals surface area contributed by atoms with E-state index in [2.05, 4.69) is 15.2 Å². The average Bonchev–Trinajstić information content (AvgIpc) is 2.17. The van der Waals surface area contributed by atoms with E-state index in [4.69, 9.17) is 16.7 Å². The number of rotatable bonds is 5. The molecule has 0 aromatic carbocycles. The van der Waals surface area contributed by atoms with Gasteiger partial charge in [-0.05, 0) is 20.2 Å². The number of hydrogen-bond donors (Lipinski definition) is 2. The van der Waals surface area contributed by atoms with Crippen LogP contribution in [0.4, 0.5) is 5.69 Å². The Morgan fingerprint density at radius 3 is 2.87 bits per heavy atom. The van der Waals surface area contributed by atoms with Crippen molar-refractivity contribution in [2.75, 3.05) is 32.5 Å². The summed E-state index contributed by atoms with van der Waals surface area (Å²) in [6.07, 6.45) is 1.58. The maximum absolute atomic E-state index is 9.08. The van der Waals surface area contributed by atoms with Gasteiger partial charge in [0.2, 0.25) is 0 Å². The lowest BCUT2D eigenvalue weighted by Crippen LogP contribution is -2.21.